The number of hydrogen-bond donors (Lipinski definition) is 0. The summed E-state index contributed by atoms with van der Waals surface area (Å²) in [6, 6.07) is 0. The Morgan fingerprint density at radius 3 is 0.929 bits per heavy atom. The fourth-order valence-corrected chi connectivity index (χ4v) is 7.38. The second-order valence-corrected chi connectivity index (χ2v) is 18.3. The number of unbranched alkanes of at least 4 members (excludes halogenated alkanes) is 25. The molecule has 0 aromatic rings. The van der Waals surface area contributed by atoms with E-state index < -0.39 is 6.10 Å². The summed E-state index contributed by atoms with van der Waals surface area (Å²) in [5, 5.41) is 0. The third kappa shape index (κ3) is 42.0. The maximum atomic E-state index is 12.7. The quantitative estimate of drug-likeness (QED) is 0.0348. The second-order valence-electron chi connectivity index (χ2n) is 18.3. The topological polar surface area (TPSA) is 78.9 Å². The maximum absolute atomic E-state index is 12.7. The van der Waals surface area contributed by atoms with Gasteiger partial charge in [-0.3, -0.25) is 14.4 Å². The number of rotatable bonds is 43. The van der Waals surface area contributed by atoms with Crippen LogP contribution < -0.4 is 0 Å². The largest absolute Gasteiger partial charge is 0.462 e. The van der Waals surface area contributed by atoms with Crippen molar-refractivity contribution in [3.63, 3.8) is 0 Å². The molecule has 0 radical (unpaired) electrons. The molecule has 2 atom stereocenters. The van der Waals surface area contributed by atoms with Crippen LogP contribution in [0.25, 0.3) is 0 Å². The predicted octanol–water partition coefficient (Wildman–Crippen LogP) is 15.6. The van der Waals surface area contributed by atoms with Gasteiger partial charge in [0.2, 0.25) is 0 Å². The lowest BCUT2D eigenvalue weighted by Crippen LogP contribution is -2.30. The summed E-state index contributed by atoms with van der Waals surface area (Å²) < 4.78 is 16.7. The molecule has 56 heavy (non-hydrogen) atoms. The number of carbonyl (C=O) groups is 3. The van der Waals surface area contributed by atoms with Gasteiger partial charge < -0.3 is 14.2 Å². The molecule has 0 saturated carbocycles. The van der Waals surface area contributed by atoms with E-state index in [1.165, 1.54) is 148 Å². The number of hydrogen-bond acceptors (Lipinski definition) is 6. The number of ether oxygens (including phenoxy) is 3. The molecule has 0 saturated heterocycles. The minimum absolute atomic E-state index is 0.0662. The van der Waals surface area contributed by atoms with Crippen molar-refractivity contribution in [2.75, 3.05) is 13.2 Å². The third-order valence-electron chi connectivity index (χ3n) is 11.5. The SMILES string of the molecule is CCC(C)CCCCCCCCCCCCCCCCC(=O)OC[C@@H](COC(=O)CCCCCCCCC(C)C)OC(=O)CCCCCCCCCCC(C)C. The van der Waals surface area contributed by atoms with Crippen molar-refractivity contribution >= 4 is 17.9 Å². The molecule has 0 aromatic carbocycles. The fraction of sp³-hybridized carbons (Fsp3) is 0.940. The van der Waals surface area contributed by atoms with Crippen LogP contribution in [0.4, 0.5) is 0 Å². The van der Waals surface area contributed by atoms with E-state index in [2.05, 4.69) is 41.5 Å². The predicted molar refractivity (Wildman–Crippen MR) is 238 cm³/mol. The molecule has 0 aliphatic rings. The highest BCUT2D eigenvalue weighted by Crippen LogP contribution is 2.18. The molecule has 6 nitrogen and oxygen atoms in total. The zero-order chi connectivity index (χ0) is 41.3. The van der Waals surface area contributed by atoms with Crippen LogP contribution in [0.1, 0.15) is 266 Å². The summed E-state index contributed by atoms with van der Waals surface area (Å²) in [5.74, 6) is 1.59. The minimum Gasteiger partial charge on any atom is -0.462 e. The molecule has 0 amide bonds. The summed E-state index contributed by atoms with van der Waals surface area (Å²) in [7, 11) is 0. The van der Waals surface area contributed by atoms with Crippen molar-refractivity contribution in [3.05, 3.63) is 0 Å². The molecule has 0 rings (SSSR count). The van der Waals surface area contributed by atoms with Crippen molar-refractivity contribution in [1.82, 2.24) is 0 Å². The Hall–Kier alpha value is -1.59. The smallest absolute Gasteiger partial charge is 0.306 e. The second kappa shape index (κ2) is 41.6. The van der Waals surface area contributed by atoms with Gasteiger partial charge in [0.05, 0.1) is 0 Å². The zero-order valence-electron chi connectivity index (χ0n) is 38.4. The van der Waals surface area contributed by atoms with E-state index in [-0.39, 0.29) is 31.1 Å². The van der Waals surface area contributed by atoms with E-state index in [4.69, 9.17) is 14.2 Å². The molecule has 0 fully saturated rings. The molecule has 0 heterocycles. The molecule has 0 N–H and O–H groups in total. The van der Waals surface area contributed by atoms with Gasteiger partial charge in [0.25, 0.3) is 0 Å². The summed E-state index contributed by atoms with van der Waals surface area (Å²) in [4.78, 5) is 37.8. The molecule has 6 heteroatoms. The van der Waals surface area contributed by atoms with Crippen molar-refractivity contribution in [1.29, 1.82) is 0 Å². The maximum Gasteiger partial charge on any atom is 0.306 e. The van der Waals surface area contributed by atoms with Crippen LogP contribution in [0.2, 0.25) is 0 Å². The molecule has 0 aliphatic carbocycles. The van der Waals surface area contributed by atoms with Crippen molar-refractivity contribution in [2.24, 2.45) is 17.8 Å². The van der Waals surface area contributed by atoms with Gasteiger partial charge in [-0.05, 0) is 37.0 Å². The third-order valence-corrected chi connectivity index (χ3v) is 11.5. The zero-order valence-corrected chi connectivity index (χ0v) is 38.4. The van der Waals surface area contributed by atoms with Crippen molar-refractivity contribution in [3.8, 4) is 0 Å². The first-order valence-electron chi connectivity index (χ1n) is 24.6. The molecule has 0 bridgehead atoms. The number of carbonyl (C=O) groups excluding carboxylic acids is 3. The molecule has 0 aromatic heterocycles. The Labute approximate surface area is 348 Å². The van der Waals surface area contributed by atoms with E-state index in [1.54, 1.807) is 0 Å². The molecular weight excluding hydrogens is 697 g/mol. The van der Waals surface area contributed by atoms with Gasteiger partial charge >= 0.3 is 17.9 Å². The number of esters is 3. The Bertz CT molecular complexity index is 870. The Morgan fingerprint density at radius 1 is 0.357 bits per heavy atom. The highest BCUT2D eigenvalue weighted by molar-refractivity contribution is 5.71. The van der Waals surface area contributed by atoms with Crippen LogP contribution in [0.3, 0.4) is 0 Å². The van der Waals surface area contributed by atoms with Gasteiger partial charge in [0.1, 0.15) is 13.2 Å². The monoisotopic (exact) mass is 793 g/mol. The lowest BCUT2D eigenvalue weighted by atomic mass is 9.99. The van der Waals surface area contributed by atoms with Crippen molar-refractivity contribution < 1.29 is 28.6 Å². The van der Waals surface area contributed by atoms with Crippen LogP contribution in [0.15, 0.2) is 0 Å². The van der Waals surface area contributed by atoms with Gasteiger partial charge in [-0.1, -0.05) is 228 Å². The van der Waals surface area contributed by atoms with Gasteiger partial charge in [-0.2, -0.15) is 0 Å². The van der Waals surface area contributed by atoms with Crippen LogP contribution >= 0.6 is 0 Å². The van der Waals surface area contributed by atoms with Gasteiger partial charge in [0.15, 0.2) is 6.10 Å². The molecule has 0 spiro atoms. The highest BCUT2D eigenvalue weighted by atomic mass is 16.6. The molecular formula is C50H96O6. The van der Waals surface area contributed by atoms with E-state index >= 15 is 0 Å². The van der Waals surface area contributed by atoms with E-state index in [1.807, 2.05) is 0 Å². The normalized spacial score (nSPS) is 12.6. The van der Waals surface area contributed by atoms with Crippen LogP contribution in [0.5, 0.6) is 0 Å². The summed E-state index contributed by atoms with van der Waals surface area (Å²) >= 11 is 0. The Morgan fingerprint density at radius 2 is 0.625 bits per heavy atom. The Balaban J connectivity index is 4.24. The highest BCUT2D eigenvalue weighted by Gasteiger charge is 2.19. The molecule has 0 aliphatic heterocycles. The van der Waals surface area contributed by atoms with Crippen molar-refractivity contribution in [2.45, 2.75) is 272 Å². The van der Waals surface area contributed by atoms with Gasteiger partial charge in [-0.25, -0.2) is 0 Å². The molecule has 332 valence electrons. The van der Waals surface area contributed by atoms with Crippen LogP contribution in [0, 0.1) is 17.8 Å². The first-order chi connectivity index (χ1) is 27.1. The standard InChI is InChI=1S/C50H96O6/c1-7-46(6)38-32-26-19-14-12-10-8-9-11-13-15-20-27-33-39-48(51)54-42-47(43-55-49(52)40-34-28-23-22-25-31-37-45(4)5)56-50(53)41-35-29-21-17-16-18-24-30-36-44(2)3/h44-47H,7-43H2,1-6H3/t46?,47-/m0/s1. The van der Waals surface area contributed by atoms with Crippen LogP contribution in [-0.2, 0) is 28.6 Å². The minimum atomic E-state index is -0.762. The summed E-state index contributed by atoms with van der Waals surface area (Å²) in [6.07, 6.45) is 39.6. The lowest BCUT2D eigenvalue weighted by molar-refractivity contribution is -0.167. The van der Waals surface area contributed by atoms with Gasteiger partial charge in [0, 0.05) is 19.3 Å². The van der Waals surface area contributed by atoms with Crippen LogP contribution in [-0.4, -0.2) is 37.2 Å². The first-order valence-corrected chi connectivity index (χ1v) is 24.6. The average Bonchev–Trinajstić information content (AvgIpc) is 3.16. The van der Waals surface area contributed by atoms with E-state index in [0.717, 1.165) is 75.5 Å². The lowest BCUT2D eigenvalue weighted by Gasteiger charge is -2.18. The Kier molecular flexibility index (Phi) is 40.4. The summed E-state index contributed by atoms with van der Waals surface area (Å²) in [6.45, 7) is 13.6. The fourth-order valence-electron chi connectivity index (χ4n) is 7.38. The van der Waals surface area contributed by atoms with Gasteiger partial charge in [-0.15, -0.1) is 0 Å². The van der Waals surface area contributed by atoms with E-state index in [9.17, 15) is 14.4 Å². The average molecular weight is 793 g/mol. The first kappa shape index (κ1) is 54.4. The summed E-state index contributed by atoms with van der Waals surface area (Å²) in [5.41, 5.74) is 0. The molecule has 1 unspecified atom stereocenters. The van der Waals surface area contributed by atoms with E-state index in [0.29, 0.717) is 19.3 Å².